The van der Waals surface area contributed by atoms with E-state index < -0.39 is 0 Å². The molecule has 24 heavy (non-hydrogen) atoms. The van der Waals surface area contributed by atoms with Crippen LogP contribution in [0.3, 0.4) is 0 Å². The molecular weight excluding hydrogens is 366 g/mol. The molecule has 0 aliphatic carbocycles. The van der Waals surface area contributed by atoms with E-state index in [9.17, 15) is 0 Å². The van der Waals surface area contributed by atoms with Crippen molar-refractivity contribution < 1.29 is 0 Å². The van der Waals surface area contributed by atoms with E-state index >= 15 is 0 Å². The van der Waals surface area contributed by atoms with E-state index in [1.807, 2.05) is 37.3 Å². The third-order valence-electron chi connectivity index (χ3n) is 3.56. The fourth-order valence-corrected chi connectivity index (χ4v) is 2.82. The van der Waals surface area contributed by atoms with E-state index in [2.05, 4.69) is 60.8 Å². The number of halogens is 1. The minimum atomic E-state index is 0.451. The van der Waals surface area contributed by atoms with Gasteiger partial charge in [0.25, 0.3) is 0 Å². The molecule has 3 aromatic rings. The maximum atomic E-state index is 4.45. The number of hydrogen-bond acceptors (Lipinski definition) is 5. The Hall–Kier alpha value is -2.47. The standard InChI is InChI=1S/C18H18BrN5/c1-3-13-5-7-14(8-6-13)21-18-23-17(11-20-24-18)22-16-9-4-12(2)10-15(16)19/h4-11H,3H2,1-2H3,(H2,21,22,23,24). The fraction of sp³-hybridized carbons (Fsp3) is 0.167. The van der Waals surface area contributed by atoms with Gasteiger partial charge in [-0.3, -0.25) is 0 Å². The van der Waals surface area contributed by atoms with Gasteiger partial charge in [-0.15, -0.1) is 5.10 Å². The summed E-state index contributed by atoms with van der Waals surface area (Å²) >= 11 is 3.55. The Morgan fingerprint density at radius 1 is 1.04 bits per heavy atom. The molecule has 0 radical (unpaired) electrons. The zero-order valence-electron chi connectivity index (χ0n) is 13.5. The molecule has 2 aromatic carbocycles. The van der Waals surface area contributed by atoms with Gasteiger partial charge in [0.2, 0.25) is 5.95 Å². The first-order valence-corrected chi connectivity index (χ1v) is 8.52. The van der Waals surface area contributed by atoms with Crippen molar-refractivity contribution >= 4 is 39.1 Å². The fourth-order valence-electron chi connectivity index (χ4n) is 2.23. The van der Waals surface area contributed by atoms with Gasteiger partial charge in [-0.25, -0.2) is 0 Å². The van der Waals surface area contributed by atoms with Crippen LogP contribution in [0, 0.1) is 6.92 Å². The first kappa shape index (κ1) is 16.4. The third-order valence-corrected chi connectivity index (χ3v) is 4.22. The first-order chi connectivity index (χ1) is 11.6. The molecule has 1 heterocycles. The minimum Gasteiger partial charge on any atom is -0.338 e. The van der Waals surface area contributed by atoms with Gasteiger partial charge in [-0.2, -0.15) is 10.1 Å². The molecule has 0 aliphatic rings. The van der Waals surface area contributed by atoms with Crippen LogP contribution in [0.25, 0.3) is 0 Å². The minimum absolute atomic E-state index is 0.451. The summed E-state index contributed by atoms with van der Waals surface area (Å²) in [5.74, 6) is 1.08. The number of anilines is 4. The summed E-state index contributed by atoms with van der Waals surface area (Å²) in [4.78, 5) is 4.45. The summed E-state index contributed by atoms with van der Waals surface area (Å²) in [6.07, 6.45) is 2.61. The lowest BCUT2D eigenvalue weighted by Crippen LogP contribution is -2.02. The second kappa shape index (κ2) is 7.40. The predicted molar refractivity (Wildman–Crippen MR) is 101 cm³/mol. The number of nitrogens with zero attached hydrogens (tertiary/aromatic N) is 3. The zero-order valence-corrected chi connectivity index (χ0v) is 15.1. The Morgan fingerprint density at radius 2 is 1.83 bits per heavy atom. The van der Waals surface area contributed by atoms with Crippen LogP contribution < -0.4 is 10.6 Å². The average Bonchev–Trinajstić information content (AvgIpc) is 2.58. The van der Waals surface area contributed by atoms with Gasteiger partial charge in [0.05, 0.1) is 11.9 Å². The third kappa shape index (κ3) is 4.08. The molecule has 5 nitrogen and oxygen atoms in total. The van der Waals surface area contributed by atoms with E-state index in [0.717, 1.165) is 22.3 Å². The lowest BCUT2D eigenvalue weighted by Gasteiger charge is -2.10. The maximum absolute atomic E-state index is 4.45. The van der Waals surface area contributed by atoms with Crippen LogP contribution in [-0.4, -0.2) is 15.2 Å². The molecule has 122 valence electrons. The van der Waals surface area contributed by atoms with Crippen LogP contribution in [0.2, 0.25) is 0 Å². The van der Waals surface area contributed by atoms with Gasteiger partial charge in [0.1, 0.15) is 0 Å². The molecule has 0 amide bonds. The molecule has 0 fully saturated rings. The van der Waals surface area contributed by atoms with Crippen LogP contribution in [0.1, 0.15) is 18.1 Å². The van der Waals surface area contributed by atoms with E-state index in [-0.39, 0.29) is 0 Å². The van der Waals surface area contributed by atoms with Crippen molar-refractivity contribution in [3.63, 3.8) is 0 Å². The number of rotatable bonds is 5. The summed E-state index contributed by atoms with van der Waals surface area (Å²) in [6, 6.07) is 14.3. The van der Waals surface area contributed by atoms with Crippen LogP contribution >= 0.6 is 15.9 Å². The predicted octanol–water partition coefficient (Wildman–Crippen LogP) is 4.99. The van der Waals surface area contributed by atoms with Gasteiger partial charge in [-0.05, 0) is 64.7 Å². The largest absolute Gasteiger partial charge is 0.338 e. The molecule has 0 bridgehead atoms. The van der Waals surface area contributed by atoms with Crippen molar-refractivity contribution in [2.45, 2.75) is 20.3 Å². The average molecular weight is 384 g/mol. The quantitative estimate of drug-likeness (QED) is 0.649. The second-order valence-electron chi connectivity index (χ2n) is 5.45. The normalized spacial score (nSPS) is 10.5. The molecule has 0 aliphatic heterocycles. The highest BCUT2D eigenvalue weighted by molar-refractivity contribution is 9.10. The van der Waals surface area contributed by atoms with Crippen LogP contribution in [0.4, 0.5) is 23.1 Å². The number of hydrogen-bond donors (Lipinski definition) is 2. The Balaban J connectivity index is 1.75. The van der Waals surface area contributed by atoms with Crippen molar-refractivity contribution in [2.24, 2.45) is 0 Å². The number of benzene rings is 2. The van der Waals surface area contributed by atoms with Gasteiger partial charge in [-0.1, -0.05) is 25.1 Å². The van der Waals surface area contributed by atoms with Crippen LogP contribution in [0.15, 0.2) is 53.1 Å². The van der Waals surface area contributed by atoms with Gasteiger partial charge >= 0.3 is 0 Å². The zero-order chi connectivity index (χ0) is 16.9. The molecule has 3 rings (SSSR count). The van der Waals surface area contributed by atoms with Crippen molar-refractivity contribution in [1.29, 1.82) is 0 Å². The van der Waals surface area contributed by atoms with E-state index in [4.69, 9.17) is 0 Å². The highest BCUT2D eigenvalue weighted by Gasteiger charge is 2.05. The maximum Gasteiger partial charge on any atom is 0.249 e. The summed E-state index contributed by atoms with van der Waals surface area (Å²) < 4.78 is 0.978. The number of nitrogens with one attached hydrogen (secondary N) is 2. The molecule has 1 aromatic heterocycles. The Bertz CT molecular complexity index is 833. The summed E-state index contributed by atoms with van der Waals surface area (Å²) in [6.45, 7) is 4.18. The molecule has 6 heteroatoms. The SMILES string of the molecule is CCc1ccc(Nc2nncc(Nc3ccc(C)cc3Br)n2)cc1. The summed E-state index contributed by atoms with van der Waals surface area (Å²) in [5.41, 5.74) is 4.34. The van der Waals surface area contributed by atoms with E-state index in [0.29, 0.717) is 11.8 Å². The molecule has 0 atom stereocenters. The molecular formula is C18H18BrN5. The van der Waals surface area contributed by atoms with Crippen LogP contribution in [0.5, 0.6) is 0 Å². The van der Waals surface area contributed by atoms with E-state index in [1.165, 1.54) is 11.1 Å². The Morgan fingerprint density at radius 3 is 2.54 bits per heavy atom. The summed E-state index contributed by atoms with van der Waals surface area (Å²) in [7, 11) is 0. The van der Waals surface area contributed by atoms with Crippen molar-refractivity contribution in [3.8, 4) is 0 Å². The lowest BCUT2D eigenvalue weighted by molar-refractivity contribution is 0.982. The van der Waals surface area contributed by atoms with E-state index in [1.54, 1.807) is 6.20 Å². The highest BCUT2D eigenvalue weighted by Crippen LogP contribution is 2.26. The second-order valence-corrected chi connectivity index (χ2v) is 6.30. The van der Waals surface area contributed by atoms with Crippen molar-refractivity contribution in [2.75, 3.05) is 10.6 Å². The lowest BCUT2D eigenvalue weighted by atomic mass is 10.1. The molecule has 0 saturated heterocycles. The Labute approximate surface area is 149 Å². The monoisotopic (exact) mass is 383 g/mol. The van der Waals surface area contributed by atoms with Gasteiger partial charge in [0.15, 0.2) is 5.82 Å². The molecule has 0 spiro atoms. The van der Waals surface area contributed by atoms with Crippen molar-refractivity contribution in [3.05, 3.63) is 64.3 Å². The van der Waals surface area contributed by atoms with Gasteiger partial charge < -0.3 is 10.6 Å². The first-order valence-electron chi connectivity index (χ1n) is 7.73. The van der Waals surface area contributed by atoms with Crippen LogP contribution in [-0.2, 0) is 6.42 Å². The van der Waals surface area contributed by atoms with Gasteiger partial charge in [0, 0.05) is 10.2 Å². The topological polar surface area (TPSA) is 62.7 Å². The smallest absolute Gasteiger partial charge is 0.249 e. The van der Waals surface area contributed by atoms with Crippen molar-refractivity contribution in [1.82, 2.24) is 15.2 Å². The summed E-state index contributed by atoms with van der Waals surface area (Å²) in [5, 5.41) is 14.4. The molecule has 0 unspecified atom stereocenters. The number of aromatic nitrogens is 3. The highest BCUT2D eigenvalue weighted by atomic mass is 79.9. The molecule has 0 saturated carbocycles. The molecule has 2 N–H and O–H groups in total. The Kier molecular flexibility index (Phi) is 5.05. The number of aryl methyl sites for hydroxylation is 2.